The molecule has 0 radical (unpaired) electrons. The molecular weight excluding hydrogens is 317 g/mol. The van der Waals surface area contributed by atoms with Crippen molar-refractivity contribution < 1.29 is 18.7 Å². The quantitative estimate of drug-likeness (QED) is 0.636. The van der Waals surface area contributed by atoms with Crippen LogP contribution in [0.25, 0.3) is 0 Å². The van der Waals surface area contributed by atoms with Gasteiger partial charge in [-0.3, -0.25) is 4.79 Å². The minimum absolute atomic E-state index is 0.0302. The van der Waals surface area contributed by atoms with Gasteiger partial charge in [-0.15, -0.1) is 0 Å². The van der Waals surface area contributed by atoms with Crippen molar-refractivity contribution in [2.24, 2.45) is 0 Å². The van der Waals surface area contributed by atoms with E-state index in [9.17, 15) is 14.0 Å². The molecule has 3 heterocycles. The molecule has 1 N–H and O–H groups in total. The summed E-state index contributed by atoms with van der Waals surface area (Å²) >= 11 is 1.24. The summed E-state index contributed by atoms with van der Waals surface area (Å²) in [6, 6.07) is 0. The van der Waals surface area contributed by atoms with Gasteiger partial charge in [-0.25, -0.2) is 9.18 Å². The third-order valence-electron chi connectivity index (χ3n) is 3.50. The minimum Gasteiger partial charge on any atom is -0.431 e. The first kappa shape index (κ1) is 15.6. The molecule has 3 aliphatic rings. The van der Waals surface area contributed by atoms with Crippen molar-refractivity contribution in [2.45, 2.75) is 18.1 Å². The lowest BCUT2D eigenvalue weighted by Gasteiger charge is -2.19. The molecular formula is C17H14FNO3S. The van der Waals surface area contributed by atoms with Gasteiger partial charge in [0.15, 0.2) is 0 Å². The van der Waals surface area contributed by atoms with E-state index in [1.54, 1.807) is 24.3 Å². The molecule has 0 saturated carbocycles. The molecule has 0 aliphatic carbocycles. The fourth-order valence-electron chi connectivity index (χ4n) is 2.34. The van der Waals surface area contributed by atoms with Gasteiger partial charge in [0.2, 0.25) is 5.12 Å². The van der Waals surface area contributed by atoms with Gasteiger partial charge in [-0.05, 0) is 43.2 Å². The van der Waals surface area contributed by atoms with E-state index >= 15 is 0 Å². The molecule has 1 unspecified atom stereocenters. The lowest BCUT2D eigenvalue weighted by atomic mass is 10.1. The minimum atomic E-state index is -0.497. The van der Waals surface area contributed by atoms with Gasteiger partial charge >= 0.3 is 5.97 Å². The van der Waals surface area contributed by atoms with Gasteiger partial charge in [-0.2, -0.15) is 0 Å². The Balaban J connectivity index is 1.72. The van der Waals surface area contributed by atoms with Crippen molar-refractivity contribution >= 4 is 22.8 Å². The zero-order valence-corrected chi connectivity index (χ0v) is 12.9. The molecule has 0 aromatic carbocycles. The number of cyclic esters (lactones) is 1. The van der Waals surface area contributed by atoms with Crippen LogP contribution < -0.4 is 5.32 Å². The fourth-order valence-corrected chi connectivity index (χ4v) is 3.19. The normalized spacial score (nSPS) is 26.6. The maximum atomic E-state index is 14.0. The van der Waals surface area contributed by atoms with E-state index in [-0.39, 0.29) is 16.2 Å². The average Bonchev–Trinajstić information content (AvgIpc) is 2.83. The van der Waals surface area contributed by atoms with Crippen molar-refractivity contribution in [3.63, 3.8) is 0 Å². The van der Waals surface area contributed by atoms with Gasteiger partial charge in [0.1, 0.15) is 5.83 Å². The lowest BCUT2D eigenvalue weighted by molar-refractivity contribution is -0.133. The van der Waals surface area contributed by atoms with E-state index in [0.717, 1.165) is 0 Å². The third kappa shape index (κ3) is 3.71. The highest BCUT2D eigenvalue weighted by Gasteiger charge is 2.21. The number of carbonyl (C=O) groups is 2. The molecule has 118 valence electrons. The summed E-state index contributed by atoms with van der Waals surface area (Å²) in [5, 5.41) is 3.06. The van der Waals surface area contributed by atoms with Crippen LogP contribution in [0.4, 0.5) is 4.39 Å². The molecule has 0 saturated heterocycles. The Morgan fingerprint density at radius 1 is 1.17 bits per heavy atom. The van der Waals surface area contributed by atoms with Crippen LogP contribution in [0.3, 0.4) is 0 Å². The van der Waals surface area contributed by atoms with Crippen LogP contribution in [-0.2, 0) is 14.3 Å². The number of hydrogen-bond donors (Lipinski definition) is 1. The van der Waals surface area contributed by atoms with Crippen molar-refractivity contribution in [3.05, 3.63) is 71.6 Å². The van der Waals surface area contributed by atoms with E-state index in [4.69, 9.17) is 4.74 Å². The van der Waals surface area contributed by atoms with Crippen molar-refractivity contribution in [2.75, 3.05) is 0 Å². The smallest absolute Gasteiger partial charge is 0.345 e. The standard InChI is InChI=1S/C17H14FNO3S/c18-13-6-8-14(12-3-1-2-10-22-17(12)21)19-15(13)7-4-11-5-9-16(20)23-11/h1-3,5-6,8-11,19H,4,7H2. The Kier molecular flexibility index (Phi) is 4.62. The molecule has 4 nitrogen and oxygen atoms in total. The maximum absolute atomic E-state index is 14.0. The summed E-state index contributed by atoms with van der Waals surface area (Å²) in [5.74, 6) is -0.861. The number of rotatable bonds is 3. The first-order valence-corrected chi connectivity index (χ1v) is 8.02. The topological polar surface area (TPSA) is 55.4 Å². The van der Waals surface area contributed by atoms with E-state index < -0.39 is 5.97 Å². The Hall–Kier alpha value is -2.34. The molecule has 1 atom stereocenters. The van der Waals surface area contributed by atoms with Crippen molar-refractivity contribution in [3.8, 4) is 0 Å². The van der Waals surface area contributed by atoms with Crippen molar-refractivity contribution in [1.29, 1.82) is 0 Å². The SMILES string of the molecule is O=C1C=CC(CCC2=C(F)C=CC(=C3C=CC=COC3=O)N2)S1. The molecule has 3 aliphatic heterocycles. The van der Waals surface area contributed by atoms with Crippen LogP contribution >= 0.6 is 11.8 Å². The van der Waals surface area contributed by atoms with Crippen LogP contribution in [0.1, 0.15) is 12.8 Å². The second-order valence-electron chi connectivity index (χ2n) is 5.08. The molecule has 0 amide bonds. The van der Waals surface area contributed by atoms with Crippen LogP contribution in [0.15, 0.2) is 71.6 Å². The van der Waals surface area contributed by atoms with Gasteiger partial charge in [-0.1, -0.05) is 23.9 Å². The summed E-state index contributed by atoms with van der Waals surface area (Å²) in [6.45, 7) is 0. The predicted molar refractivity (Wildman–Crippen MR) is 86.6 cm³/mol. The van der Waals surface area contributed by atoms with Crippen LogP contribution in [0.5, 0.6) is 0 Å². The number of ether oxygens (including phenoxy) is 1. The lowest BCUT2D eigenvalue weighted by Crippen LogP contribution is -2.20. The Labute approximate surface area is 137 Å². The summed E-state index contributed by atoms with van der Waals surface area (Å²) < 4.78 is 18.9. The maximum Gasteiger partial charge on any atom is 0.345 e. The van der Waals surface area contributed by atoms with Gasteiger partial charge < -0.3 is 10.1 Å². The molecule has 6 heteroatoms. The number of carbonyl (C=O) groups excluding carboxylic acids is 2. The summed E-state index contributed by atoms with van der Waals surface area (Å²) in [5.41, 5.74) is 1.24. The first-order valence-electron chi connectivity index (χ1n) is 7.14. The zero-order chi connectivity index (χ0) is 16.2. The average molecular weight is 331 g/mol. The predicted octanol–water partition coefficient (Wildman–Crippen LogP) is 3.19. The second-order valence-corrected chi connectivity index (χ2v) is 6.32. The van der Waals surface area contributed by atoms with Crippen LogP contribution in [0.2, 0.25) is 0 Å². The number of thioether (sulfide) groups is 1. The molecule has 23 heavy (non-hydrogen) atoms. The summed E-state index contributed by atoms with van der Waals surface area (Å²) in [6.07, 6.45) is 13.5. The number of hydrogen-bond acceptors (Lipinski definition) is 5. The zero-order valence-electron chi connectivity index (χ0n) is 12.1. The number of halogens is 1. The Morgan fingerprint density at radius 2 is 2.04 bits per heavy atom. The number of allylic oxidation sites excluding steroid dienone is 6. The van der Waals surface area contributed by atoms with E-state index in [1.165, 1.54) is 30.2 Å². The largest absolute Gasteiger partial charge is 0.431 e. The first-order chi connectivity index (χ1) is 11.1. The molecule has 0 bridgehead atoms. The third-order valence-corrected chi connectivity index (χ3v) is 4.57. The summed E-state index contributed by atoms with van der Waals surface area (Å²) in [7, 11) is 0. The van der Waals surface area contributed by atoms with Crippen molar-refractivity contribution in [1.82, 2.24) is 5.32 Å². The van der Waals surface area contributed by atoms with Gasteiger partial charge in [0, 0.05) is 5.25 Å². The Morgan fingerprint density at radius 3 is 2.83 bits per heavy atom. The molecule has 0 aromatic rings. The fraction of sp³-hybridized carbons (Fsp3) is 0.176. The van der Waals surface area contributed by atoms with E-state index in [0.29, 0.717) is 29.8 Å². The van der Waals surface area contributed by atoms with Gasteiger partial charge in [0.25, 0.3) is 0 Å². The van der Waals surface area contributed by atoms with Gasteiger partial charge in [0.05, 0.1) is 23.2 Å². The summed E-state index contributed by atoms with van der Waals surface area (Å²) in [4.78, 5) is 23.1. The van der Waals surface area contributed by atoms with Crippen LogP contribution in [-0.4, -0.2) is 16.3 Å². The highest BCUT2D eigenvalue weighted by Crippen LogP contribution is 2.28. The molecule has 3 rings (SSSR count). The molecule has 0 aromatic heterocycles. The van der Waals surface area contributed by atoms with Crippen LogP contribution in [0, 0.1) is 0 Å². The van der Waals surface area contributed by atoms with E-state index in [1.807, 2.05) is 6.08 Å². The molecule has 0 fully saturated rings. The number of nitrogens with one attached hydrogen (secondary N) is 1. The highest BCUT2D eigenvalue weighted by atomic mass is 32.2. The Bertz CT molecular complexity index is 728. The molecule has 0 spiro atoms. The van der Waals surface area contributed by atoms with E-state index in [2.05, 4.69) is 5.32 Å². The number of dihydropyridines is 1. The number of esters is 1. The highest BCUT2D eigenvalue weighted by molar-refractivity contribution is 8.15. The second kappa shape index (κ2) is 6.83. The monoisotopic (exact) mass is 331 g/mol.